The summed E-state index contributed by atoms with van der Waals surface area (Å²) in [4.78, 5) is 3.90. The Morgan fingerprint density at radius 3 is 2.79 bits per heavy atom. The molecule has 6 heteroatoms. The number of phenolic OH excluding ortho intramolecular Hbond substituents is 1. The first-order valence-electron chi connectivity index (χ1n) is 3.61. The van der Waals surface area contributed by atoms with Crippen molar-refractivity contribution in [3.05, 3.63) is 21.6 Å². The second-order valence-electron chi connectivity index (χ2n) is 2.49. The highest BCUT2D eigenvalue weighted by Gasteiger charge is 2.06. The zero-order chi connectivity index (χ0) is 10.7. The van der Waals surface area contributed by atoms with Gasteiger partial charge < -0.3 is 10.8 Å². The predicted molar refractivity (Wildman–Crippen MR) is 62.8 cm³/mol. The van der Waals surface area contributed by atoms with Crippen molar-refractivity contribution in [2.24, 2.45) is 10.7 Å². The van der Waals surface area contributed by atoms with Gasteiger partial charge in [0, 0.05) is 5.02 Å². The van der Waals surface area contributed by atoms with E-state index in [9.17, 15) is 5.11 Å². The molecule has 1 rings (SSSR count). The monoisotopic (exact) mass is 296 g/mol. The summed E-state index contributed by atoms with van der Waals surface area (Å²) in [7, 11) is 0. The molecule has 1 aromatic rings. The lowest BCUT2D eigenvalue weighted by atomic mass is 10.3. The summed E-state index contributed by atoms with van der Waals surface area (Å²) in [6.07, 6.45) is 0. The molecule has 0 spiro atoms. The molecule has 0 saturated heterocycles. The molecule has 76 valence electrons. The van der Waals surface area contributed by atoms with Crippen LogP contribution in [0.15, 0.2) is 21.6 Å². The first kappa shape index (κ1) is 11.6. The number of phenols is 1. The molecule has 0 unspecified atom stereocenters. The van der Waals surface area contributed by atoms with E-state index in [1.54, 1.807) is 6.07 Å². The van der Waals surface area contributed by atoms with Crippen molar-refractivity contribution in [2.75, 3.05) is 5.88 Å². The van der Waals surface area contributed by atoms with Crippen LogP contribution in [-0.2, 0) is 0 Å². The zero-order valence-electron chi connectivity index (χ0n) is 6.97. The van der Waals surface area contributed by atoms with Gasteiger partial charge in [0.25, 0.3) is 0 Å². The number of alkyl halides is 1. The Kier molecular flexibility index (Phi) is 4.04. The fourth-order valence-corrected chi connectivity index (χ4v) is 1.68. The summed E-state index contributed by atoms with van der Waals surface area (Å²) < 4.78 is 0.464. The second kappa shape index (κ2) is 4.87. The summed E-state index contributed by atoms with van der Waals surface area (Å²) >= 11 is 14.3. The Labute approximate surface area is 99.7 Å². The summed E-state index contributed by atoms with van der Waals surface area (Å²) in [6.45, 7) is 0. The standard InChI is InChI=1S/C8H7BrCl2N2O/c9-5-1-4(11)2-6(8(5)14)13-7(12)3-10/h1-2,14H,3H2,(H2,12,13). The maximum atomic E-state index is 9.56. The third-order valence-electron chi connectivity index (χ3n) is 1.41. The molecule has 0 aliphatic carbocycles. The fraction of sp³-hybridized carbons (Fsp3) is 0.125. The van der Waals surface area contributed by atoms with Crippen LogP contribution < -0.4 is 5.73 Å². The van der Waals surface area contributed by atoms with Crippen LogP contribution in [0.25, 0.3) is 0 Å². The zero-order valence-corrected chi connectivity index (χ0v) is 10.1. The number of benzene rings is 1. The van der Waals surface area contributed by atoms with E-state index >= 15 is 0 Å². The molecule has 0 fully saturated rings. The van der Waals surface area contributed by atoms with Crippen LogP contribution >= 0.6 is 39.1 Å². The van der Waals surface area contributed by atoms with Crippen molar-refractivity contribution in [3.63, 3.8) is 0 Å². The van der Waals surface area contributed by atoms with Crippen LogP contribution in [-0.4, -0.2) is 16.8 Å². The predicted octanol–water partition coefficient (Wildman–Crippen LogP) is 3.04. The molecule has 0 aliphatic heterocycles. The number of nitrogens with two attached hydrogens (primary N) is 1. The maximum absolute atomic E-state index is 9.56. The second-order valence-corrected chi connectivity index (χ2v) is 4.05. The van der Waals surface area contributed by atoms with Crippen LogP contribution in [0.4, 0.5) is 5.69 Å². The van der Waals surface area contributed by atoms with Crippen LogP contribution in [0.2, 0.25) is 5.02 Å². The third kappa shape index (κ3) is 2.77. The van der Waals surface area contributed by atoms with Gasteiger partial charge in [0.1, 0.15) is 11.5 Å². The first-order chi connectivity index (χ1) is 6.54. The topological polar surface area (TPSA) is 58.6 Å². The van der Waals surface area contributed by atoms with E-state index in [4.69, 9.17) is 28.9 Å². The highest BCUT2D eigenvalue weighted by molar-refractivity contribution is 9.10. The molecular weight excluding hydrogens is 291 g/mol. The number of hydrogen-bond donors (Lipinski definition) is 2. The number of aliphatic imine (C=N–C) groups is 1. The molecule has 1 aromatic carbocycles. The van der Waals surface area contributed by atoms with E-state index in [1.165, 1.54) is 6.07 Å². The number of amidine groups is 1. The number of nitrogens with zero attached hydrogens (tertiary/aromatic N) is 1. The Hall–Kier alpha value is -0.450. The van der Waals surface area contributed by atoms with Gasteiger partial charge in [-0.15, -0.1) is 11.6 Å². The van der Waals surface area contributed by atoms with Crippen LogP contribution in [0, 0.1) is 0 Å². The quantitative estimate of drug-likeness (QED) is 0.501. The molecule has 0 bridgehead atoms. The summed E-state index contributed by atoms with van der Waals surface area (Å²) in [6, 6.07) is 3.06. The van der Waals surface area contributed by atoms with Gasteiger partial charge in [-0.2, -0.15) is 0 Å². The maximum Gasteiger partial charge on any atom is 0.155 e. The van der Waals surface area contributed by atoms with E-state index < -0.39 is 0 Å². The summed E-state index contributed by atoms with van der Waals surface area (Å²) in [5, 5.41) is 10.0. The molecular formula is C8H7BrCl2N2O. The van der Waals surface area contributed by atoms with Gasteiger partial charge in [-0.1, -0.05) is 11.6 Å². The highest BCUT2D eigenvalue weighted by atomic mass is 79.9. The van der Waals surface area contributed by atoms with Crippen molar-refractivity contribution in [1.82, 2.24) is 0 Å². The lowest BCUT2D eigenvalue weighted by molar-refractivity contribution is 0.473. The number of rotatable bonds is 2. The van der Waals surface area contributed by atoms with Crippen molar-refractivity contribution in [1.29, 1.82) is 0 Å². The SMILES string of the molecule is NC(CCl)=Nc1cc(Cl)cc(Br)c1O. The van der Waals surface area contributed by atoms with Gasteiger partial charge in [0.05, 0.1) is 10.4 Å². The van der Waals surface area contributed by atoms with Gasteiger partial charge in [-0.25, -0.2) is 4.99 Å². The molecule has 0 aromatic heterocycles. The van der Waals surface area contributed by atoms with E-state index in [0.29, 0.717) is 15.2 Å². The smallest absolute Gasteiger partial charge is 0.155 e. The van der Waals surface area contributed by atoms with Gasteiger partial charge in [0.2, 0.25) is 0 Å². The average Bonchev–Trinajstić information content (AvgIpc) is 2.13. The molecule has 0 saturated carbocycles. The van der Waals surface area contributed by atoms with Gasteiger partial charge in [-0.3, -0.25) is 0 Å². The normalized spacial score (nSPS) is 11.8. The lowest BCUT2D eigenvalue weighted by Crippen LogP contribution is -2.12. The molecule has 0 amide bonds. The highest BCUT2D eigenvalue weighted by Crippen LogP contribution is 2.37. The van der Waals surface area contributed by atoms with Crippen molar-refractivity contribution in [3.8, 4) is 5.75 Å². The van der Waals surface area contributed by atoms with E-state index in [1.807, 2.05) is 0 Å². The minimum Gasteiger partial charge on any atom is -0.505 e. The molecule has 0 heterocycles. The molecule has 0 radical (unpaired) electrons. The molecule has 3 nitrogen and oxygen atoms in total. The van der Waals surface area contributed by atoms with Crippen molar-refractivity contribution < 1.29 is 5.11 Å². The minimum absolute atomic E-state index is 0.0116. The number of halogens is 3. The Balaban J connectivity index is 3.21. The number of aromatic hydroxyl groups is 1. The van der Waals surface area contributed by atoms with Crippen LogP contribution in [0.1, 0.15) is 0 Å². The first-order valence-corrected chi connectivity index (χ1v) is 5.32. The Morgan fingerprint density at radius 2 is 2.21 bits per heavy atom. The molecule has 14 heavy (non-hydrogen) atoms. The van der Waals surface area contributed by atoms with E-state index in [-0.39, 0.29) is 17.5 Å². The molecule has 3 N–H and O–H groups in total. The van der Waals surface area contributed by atoms with Crippen molar-refractivity contribution >= 4 is 50.7 Å². The van der Waals surface area contributed by atoms with Gasteiger partial charge in [-0.05, 0) is 28.1 Å². The summed E-state index contributed by atoms with van der Waals surface area (Å²) in [5.41, 5.74) is 5.72. The van der Waals surface area contributed by atoms with Crippen LogP contribution in [0.5, 0.6) is 5.75 Å². The van der Waals surface area contributed by atoms with Crippen LogP contribution in [0.3, 0.4) is 0 Å². The average molecular weight is 298 g/mol. The molecule has 0 aliphatic rings. The third-order valence-corrected chi connectivity index (χ3v) is 2.51. The lowest BCUT2D eigenvalue weighted by Gasteiger charge is -2.03. The largest absolute Gasteiger partial charge is 0.505 e. The number of hydrogen-bond acceptors (Lipinski definition) is 2. The van der Waals surface area contributed by atoms with E-state index in [2.05, 4.69) is 20.9 Å². The fourth-order valence-electron chi connectivity index (χ4n) is 0.822. The van der Waals surface area contributed by atoms with Gasteiger partial charge >= 0.3 is 0 Å². The summed E-state index contributed by atoms with van der Waals surface area (Å²) in [5.74, 6) is 0.308. The van der Waals surface area contributed by atoms with Crippen molar-refractivity contribution in [2.45, 2.75) is 0 Å². The minimum atomic E-state index is -0.0116. The molecule has 0 atom stereocenters. The Morgan fingerprint density at radius 1 is 1.57 bits per heavy atom. The van der Waals surface area contributed by atoms with E-state index in [0.717, 1.165) is 0 Å². The van der Waals surface area contributed by atoms with Gasteiger partial charge in [0.15, 0.2) is 5.75 Å². The Bertz CT molecular complexity index is 382.